The van der Waals surface area contributed by atoms with Crippen molar-refractivity contribution < 1.29 is 4.79 Å². The van der Waals surface area contributed by atoms with Gasteiger partial charge >= 0.3 is 0 Å². The zero-order valence-corrected chi connectivity index (χ0v) is 12.9. The second-order valence-electron chi connectivity index (χ2n) is 6.15. The van der Waals surface area contributed by atoms with Crippen LogP contribution in [0.1, 0.15) is 51.5 Å². The molecule has 1 fully saturated rings. The molecule has 2 nitrogen and oxygen atoms in total. The van der Waals surface area contributed by atoms with Crippen LogP contribution in [-0.4, -0.2) is 23.8 Å². The highest BCUT2D eigenvalue weighted by Gasteiger charge is 2.40. The Morgan fingerprint density at radius 1 is 1.10 bits per heavy atom. The van der Waals surface area contributed by atoms with E-state index in [1.54, 1.807) is 0 Å². The molecule has 1 aromatic rings. The number of carbonyl (C=O) groups excluding carboxylic acids is 1. The number of likely N-dealkylation sites (tertiary alicyclic amines) is 1. The van der Waals surface area contributed by atoms with Crippen LogP contribution in [0.3, 0.4) is 0 Å². The lowest BCUT2D eigenvalue weighted by Crippen LogP contribution is -2.49. The number of benzene rings is 1. The fourth-order valence-electron chi connectivity index (χ4n) is 3.62. The van der Waals surface area contributed by atoms with Gasteiger partial charge in [0.2, 0.25) is 0 Å². The van der Waals surface area contributed by atoms with Crippen molar-refractivity contribution in [3.8, 4) is 0 Å². The average molecular weight is 273 g/mol. The van der Waals surface area contributed by atoms with Crippen LogP contribution < -0.4 is 0 Å². The Morgan fingerprint density at radius 2 is 1.75 bits per heavy atom. The second kappa shape index (κ2) is 7.03. The molecule has 0 aromatic heterocycles. The molecular weight excluding hydrogens is 246 g/mol. The molecule has 1 saturated heterocycles. The van der Waals surface area contributed by atoms with E-state index in [0.29, 0.717) is 5.78 Å². The summed E-state index contributed by atoms with van der Waals surface area (Å²) < 4.78 is 0. The minimum atomic E-state index is -0.0729. The molecular formula is C18H27NO. The van der Waals surface area contributed by atoms with Gasteiger partial charge in [-0.2, -0.15) is 0 Å². The highest BCUT2D eigenvalue weighted by molar-refractivity contribution is 5.86. The second-order valence-corrected chi connectivity index (χ2v) is 6.15. The van der Waals surface area contributed by atoms with Crippen LogP contribution in [0.2, 0.25) is 0 Å². The number of hydrogen-bond acceptors (Lipinski definition) is 2. The van der Waals surface area contributed by atoms with Crippen LogP contribution in [0.4, 0.5) is 0 Å². The van der Waals surface area contributed by atoms with Crippen molar-refractivity contribution in [3.63, 3.8) is 0 Å². The Bertz CT molecular complexity index is 420. The number of nitrogens with zero attached hydrogens (tertiary/aromatic N) is 1. The summed E-state index contributed by atoms with van der Waals surface area (Å²) in [7, 11) is 0. The summed E-state index contributed by atoms with van der Waals surface area (Å²) in [6.07, 6.45) is 5.03. The van der Waals surface area contributed by atoms with Crippen molar-refractivity contribution in [1.29, 1.82) is 0 Å². The molecule has 1 aliphatic rings. The molecule has 0 atom stereocenters. The predicted molar refractivity (Wildman–Crippen MR) is 83.6 cm³/mol. The molecule has 0 unspecified atom stereocenters. The summed E-state index contributed by atoms with van der Waals surface area (Å²) in [5.41, 5.74) is 1.28. The van der Waals surface area contributed by atoms with Crippen LogP contribution in [0, 0.1) is 5.41 Å². The zero-order chi connectivity index (χ0) is 14.4. The van der Waals surface area contributed by atoms with E-state index < -0.39 is 0 Å². The summed E-state index contributed by atoms with van der Waals surface area (Å²) >= 11 is 0. The Balaban J connectivity index is 2.08. The Morgan fingerprint density at radius 3 is 2.35 bits per heavy atom. The molecule has 1 aromatic carbocycles. The van der Waals surface area contributed by atoms with E-state index in [1.807, 2.05) is 0 Å². The van der Waals surface area contributed by atoms with E-state index in [1.165, 1.54) is 5.56 Å². The van der Waals surface area contributed by atoms with Gasteiger partial charge in [0.1, 0.15) is 5.78 Å². The monoisotopic (exact) mass is 273 g/mol. The molecule has 0 saturated carbocycles. The topological polar surface area (TPSA) is 20.3 Å². The fraction of sp³-hybridized carbons (Fsp3) is 0.611. The molecule has 2 rings (SSSR count). The van der Waals surface area contributed by atoms with Gasteiger partial charge in [-0.3, -0.25) is 9.69 Å². The van der Waals surface area contributed by atoms with Gasteiger partial charge in [-0.05, 0) is 18.4 Å². The maximum atomic E-state index is 12.5. The van der Waals surface area contributed by atoms with Crippen molar-refractivity contribution >= 4 is 5.78 Å². The van der Waals surface area contributed by atoms with Crippen molar-refractivity contribution in [2.24, 2.45) is 5.41 Å². The number of Topliss-reactive ketones (excluding diaryl/α,β-unsaturated/α-hetero) is 1. The van der Waals surface area contributed by atoms with Gasteiger partial charge in [0.05, 0.1) is 0 Å². The Hall–Kier alpha value is -1.15. The van der Waals surface area contributed by atoms with Gasteiger partial charge in [-0.1, -0.05) is 57.0 Å². The highest BCUT2D eigenvalue weighted by atomic mass is 16.1. The molecule has 1 heterocycles. The Kier molecular flexibility index (Phi) is 5.36. The largest absolute Gasteiger partial charge is 0.299 e. The molecule has 0 radical (unpaired) electrons. The molecule has 1 aliphatic heterocycles. The zero-order valence-electron chi connectivity index (χ0n) is 12.9. The minimum absolute atomic E-state index is 0.0729. The van der Waals surface area contributed by atoms with E-state index in [9.17, 15) is 4.79 Å². The summed E-state index contributed by atoms with van der Waals surface area (Å²) in [5.74, 6) is 0.505. The number of rotatable bonds is 6. The average Bonchev–Trinajstić information content (AvgIpc) is 2.45. The fourth-order valence-corrected chi connectivity index (χ4v) is 3.62. The lowest BCUT2D eigenvalue weighted by atomic mass is 9.72. The quantitative estimate of drug-likeness (QED) is 0.779. The van der Waals surface area contributed by atoms with Gasteiger partial charge in [0, 0.05) is 31.5 Å². The first kappa shape index (κ1) is 15.2. The predicted octanol–water partition coefficient (Wildman–Crippen LogP) is 4.05. The third-order valence-electron chi connectivity index (χ3n) is 4.48. The molecule has 0 aliphatic carbocycles. The van der Waals surface area contributed by atoms with Crippen LogP contribution in [0.25, 0.3) is 0 Å². The normalized spacial score (nSPS) is 19.2. The molecule has 0 bridgehead atoms. The first-order chi connectivity index (χ1) is 9.70. The van der Waals surface area contributed by atoms with E-state index in [0.717, 1.165) is 51.7 Å². The molecule has 0 spiro atoms. The van der Waals surface area contributed by atoms with E-state index in [4.69, 9.17) is 0 Å². The van der Waals surface area contributed by atoms with E-state index in [2.05, 4.69) is 49.1 Å². The van der Waals surface area contributed by atoms with Crippen molar-refractivity contribution in [2.45, 2.75) is 52.5 Å². The van der Waals surface area contributed by atoms with E-state index >= 15 is 0 Å². The molecule has 0 amide bonds. The van der Waals surface area contributed by atoms with Gasteiger partial charge in [0.25, 0.3) is 0 Å². The molecule has 2 heteroatoms. The first-order valence-electron chi connectivity index (χ1n) is 8.00. The lowest BCUT2D eigenvalue weighted by molar-refractivity contribution is -0.135. The van der Waals surface area contributed by atoms with Gasteiger partial charge < -0.3 is 0 Å². The van der Waals surface area contributed by atoms with Crippen LogP contribution in [-0.2, 0) is 11.3 Å². The van der Waals surface area contributed by atoms with Gasteiger partial charge in [0.15, 0.2) is 0 Å². The molecule has 20 heavy (non-hydrogen) atoms. The van der Waals surface area contributed by atoms with Crippen LogP contribution in [0.5, 0.6) is 0 Å². The van der Waals surface area contributed by atoms with Crippen LogP contribution >= 0.6 is 0 Å². The maximum Gasteiger partial charge on any atom is 0.141 e. The number of ketones is 1. The van der Waals surface area contributed by atoms with Crippen LogP contribution in [0.15, 0.2) is 30.3 Å². The van der Waals surface area contributed by atoms with Gasteiger partial charge in [-0.15, -0.1) is 0 Å². The van der Waals surface area contributed by atoms with Crippen molar-refractivity contribution in [1.82, 2.24) is 4.90 Å². The molecule has 110 valence electrons. The third kappa shape index (κ3) is 3.49. The standard InChI is InChI=1S/C18H27NO/c1-3-11-18(12-4-2)15-19(13-10-17(18)20)14-16-8-6-5-7-9-16/h5-9H,3-4,10-15H2,1-2H3. The third-order valence-corrected chi connectivity index (χ3v) is 4.48. The lowest BCUT2D eigenvalue weighted by Gasteiger charge is -2.41. The SMILES string of the molecule is CCCC1(CCC)CN(Cc2ccccc2)CCC1=O. The first-order valence-corrected chi connectivity index (χ1v) is 8.00. The highest BCUT2D eigenvalue weighted by Crippen LogP contribution is 2.36. The van der Waals surface area contributed by atoms with Gasteiger partial charge in [-0.25, -0.2) is 0 Å². The summed E-state index contributed by atoms with van der Waals surface area (Å²) in [5, 5.41) is 0. The Labute approximate surface area is 123 Å². The summed E-state index contributed by atoms with van der Waals surface area (Å²) in [6.45, 7) is 7.23. The van der Waals surface area contributed by atoms with Crippen molar-refractivity contribution in [2.75, 3.05) is 13.1 Å². The smallest absolute Gasteiger partial charge is 0.141 e. The molecule has 0 N–H and O–H groups in total. The minimum Gasteiger partial charge on any atom is -0.299 e. The van der Waals surface area contributed by atoms with Crippen molar-refractivity contribution in [3.05, 3.63) is 35.9 Å². The number of carbonyl (C=O) groups is 1. The number of piperidine rings is 1. The van der Waals surface area contributed by atoms with E-state index in [-0.39, 0.29) is 5.41 Å². The summed E-state index contributed by atoms with van der Waals surface area (Å²) in [4.78, 5) is 14.9. The maximum absolute atomic E-state index is 12.5. The number of hydrogen-bond donors (Lipinski definition) is 0. The summed E-state index contributed by atoms with van der Waals surface area (Å²) in [6, 6.07) is 10.6.